The molecular weight excluding hydrogens is 471 g/mol. The van der Waals surface area contributed by atoms with E-state index in [0.717, 1.165) is 28.4 Å². The molecule has 3 aromatic rings. The molecule has 1 amide bonds. The maximum Gasteiger partial charge on any atom is 0.270 e. The Hall–Kier alpha value is -2.25. The highest BCUT2D eigenvalue weighted by atomic mass is 35.5. The summed E-state index contributed by atoms with van der Waals surface area (Å²) in [5, 5.41) is 1.00. The molecule has 0 aliphatic carbocycles. The van der Waals surface area contributed by atoms with Gasteiger partial charge in [0.05, 0.1) is 27.7 Å². The van der Waals surface area contributed by atoms with Crippen LogP contribution in [0, 0.1) is 13.8 Å². The van der Waals surface area contributed by atoms with Crippen molar-refractivity contribution < 1.29 is 9.53 Å². The van der Waals surface area contributed by atoms with Crippen LogP contribution in [0.5, 0.6) is 5.75 Å². The van der Waals surface area contributed by atoms with Gasteiger partial charge in [-0.15, -0.1) is 0 Å². The highest BCUT2D eigenvalue weighted by molar-refractivity contribution is 8.27. The minimum Gasteiger partial charge on any atom is -0.497 e. The standard InChI is InChI=1S/C23H18Cl2N2O2S2/c1-13-10-15(14(2)26(13)17-6-9-19(24)20(25)12-17)11-21-22(28)27(23(30)31-21)16-4-7-18(29-3)8-5-16/h4-12H,1-3H3/b21-11+. The van der Waals surface area contributed by atoms with Crippen molar-refractivity contribution in [3.8, 4) is 11.4 Å². The Kier molecular flexibility index (Phi) is 6.17. The van der Waals surface area contributed by atoms with Crippen LogP contribution in [0.2, 0.25) is 10.0 Å². The van der Waals surface area contributed by atoms with Gasteiger partial charge in [0.1, 0.15) is 5.75 Å². The SMILES string of the molecule is COc1ccc(N2C(=O)/C(=C\c3cc(C)n(-c4ccc(Cl)c(Cl)c4)c3C)SC2=S)cc1. The molecule has 2 heterocycles. The van der Waals surface area contributed by atoms with Gasteiger partial charge < -0.3 is 9.30 Å². The van der Waals surface area contributed by atoms with Crippen molar-refractivity contribution in [2.45, 2.75) is 13.8 Å². The number of carbonyl (C=O) groups is 1. The molecule has 1 fully saturated rings. The quantitative estimate of drug-likeness (QED) is 0.298. The smallest absolute Gasteiger partial charge is 0.270 e. The van der Waals surface area contributed by atoms with Gasteiger partial charge in [-0.2, -0.15) is 0 Å². The molecule has 1 aliphatic rings. The predicted molar refractivity (Wildman–Crippen MR) is 134 cm³/mol. The van der Waals surface area contributed by atoms with Crippen LogP contribution in [0.15, 0.2) is 53.4 Å². The Labute approximate surface area is 200 Å². The van der Waals surface area contributed by atoms with E-state index >= 15 is 0 Å². The molecule has 1 aromatic heterocycles. The summed E-state index contributed by atoms with van der Waals surface area (Å²) in [4.78, 5) is 15.2. The third kappa shape index (κ3) is 4.13. The van der Waals surface area contributed by atoms with Crippen LogP contribution in [0.3, 0.4) is 0 Å². The fraction of sp³-hybridized carbons (Fsp3) is 0.130. The number of benzene rings is 2. The number of thioether (sulfide) groups is 1. The van der Waals surface area contributed by atoms with Crippen LogP contribution < -0.4 is 9.64 Å². The van der Waals surface area contributed by atoms with E-state index in [1.54, 1.807) is 18.1 Å². The number of anilines is 1. The van der Waals surface area contributed by atoms with Crippen LogP contribution in [0.25, 0.3) is 11.8 Å². The normalized spacial score (nSPS) is 15.3. The summed E-state index contributed by atoms with van der Waals surface area (Å²) in [5.41, 5.74) is 4.58. The zero-order valence-electron chi connectivity index (χ0n) is 17.0. The summed E-state index contributed by atoms with van der Waals surface area (Å²) in [5.74, 6) is 0.582. The second-order valence-electron chi connectivity index (χ2n) is 6.98. The predicted octanol–water partition coefficient (Wildman–Crippen LogP) is 6.82. The van der Waals surface area contributed by atoms with Crippen molar-refractivity contribution in [2.24, 2.45) is 0 Å². The number of hydrogen-bond acceptors (Lipinski definition) is 4. The van der Waals surface area contributed by atoms with Crippen molar-refractivity contribution in [1.29, 1.82) is 0 Å². The molecule has 0 unspecified atom stereocenters. The number of aromatic nitrogens is 1. The Morgan fingerprint density at radius 1 is 1.00 bits per heavy atom. The third-order valence-corrected chi connectivity index (χ3v) is 7.08. The van der Waals surface area contributed by atoms with Crippen LogP contribution >= 0.6 is 47.2 Å². The van der Waals surface area contributed by atoms with E-state index in [1.165, 1.54) is 11.8 Å². The summed E-state index contributed by atoms with van der Waals surface area (Å²) in [6, 6.07) is 14.8. The van der Waals surface area contributed by atoms with Gasteiger partial charge in [0.2, 0.25) is 0 Å². The van der Waals surface area contributed by atoms with Gasteiger partial charge >= 0.3 is 0 Å². The molecular formula is C23H18Cl2N2O2S2. The van der Waals surface area contributed by atoms with Crippen molar-refractivity contribution in [1.82, 2.24) is 4.57 Å². The number of thiocarbonyl (C=S) groups is 1. The maximum absolute atomic E-state index is 13.1. The lowest BCUT2D eigenvalue weighted by Crippen LogP contribution is -2.27. The van der Waals surface area contributed by atoms with Crippen molar-refractivity contribution >= 4 is 69.2 Å². The minimum absolute atomic E-state index is 0.139. The zero-order valence-corrected chi connectivity index (χ0v) is 20.1. The van der Waals surface area contributed by atoms with E-state index in [0.29, 0.717) is 25.0 Å². The first-order valence-corrected chi connectivity index (χ1v) is 11.3. The van der Waals surface area contributed by atoms with Gasteiger partial charge in [-0.25, -0.2) is 0 Å². The van der Waals surface area contributed by atoms with Gasteiger partial charge in [-0.1, -0.05) is 47.2 Å². The largest absolute Gasteiger partial charge is 0.497 e. The molecule has 0 saturated carbocycles. The number of nitrogens with zero attached hydrogens (tertiary/aromatic N) is 2. The highest BCUT2D eigenvalue weighted by Crippen LogP contribution is 2.37. The molecule has 0 radical (unpaired) electrons. The fourth-order valence-corrected chi connectivity index (χ4v) is 5.10. The molecule has 0 bridgehead atoms. The van der Waals surface area contributed by atoms with Gasteiger partial charge in [-0.3, -0.25) is 9.69 Å². The Morgan fingerprint density at radius 3 is 2.32 bits per heavy atom. The highest BCUT2D eigenvalue weighted by Gasteiger charge is 2.33. The van der Waals surface area contributed by atoms with Crippen LogP contribution in [0.4, 0.5) is 5.69 Å². The van der Waals surface area contributed by atoms with Gasteiger partial charge in [0.25, 0.3) is 5.91 Å². The Bertz CT molecular complexity index is 1230. The van der Waals surface area contributed by atoms with Crippen LogP contribution in [-0.2, 0) is 4.79 Å². The van der Waals surface area contributed by atoms with E-state index in [1.807, 2.05) is 62.4 Å². The van der Waals surface area contributed by atoms with E-state index < -0.39 is 0 Å². The first-order valence-electron chi connectivity index (χ1n) is 9.36. The monoisotopic (exact) mass is 488 g/mol. The molecule has 1 saturated heterocycles. The van der Waals surface area contributed by atoms with Gasteiger partial charge in [-0.05, 0) is 74.0 Å². The van der Waals surface area contributed by atoms with E-state index in [9.17, 15) is 4.79 Å². The second kappa shape index (κ2) is 8.71. The Balaban J connectivity index is 1.68. The molecule has 4 nitrogen and oxygen atoms in total. The van der Waals surface area contributed by atoms with E-state index in [4.69, 9.17) is 40.2 Å². The third-order valence-electron chi connectivity index (χ3n) is 5.04. The fourth-order valence-electron chi connectivity index (χ4n) is 3.52. The summed E-state index contributed by atoms with van der Waals surface area (Å²) < 4.78 is 7.77. The van der Waals surface area contributed by atoms with Gasteiger partial charge in [0, 0.05) is 17.1 Å². The molecule has 1 aliphatic heterocycles. The summed E-state index contributed by atoms with van der Waals surface area (Å²) in [6.45, 7) is 4.01. The minimum atomic E-state index is -0.139. The second-order valence-corrected chi connectivity index (χ2v) is 9.47. The van der Waals surface area contributed by atoms with Crippen LogP contribution in [0.1, 0.15) is 17.0 Å². The van der Waals surface area contributed by atoms with Crippen molar-refractivity contribution in [2.75, 3.05) is 12.0 Å². The molecule has 2 aromatic carbocycles. The average molecular weight is 489 g/mol. The topological polar surface area (TPSA) is 34.5 Å². The molecule has 0 N–H and O–H groups in total. The number of hydrogen-bond donors (Lipinski definition) is 0. The zero-order chi connectivity index (χ0) is 22.3. The maximum atomic E-state index is 13.1. The molecule has 158 valence electrons. The summed E-state index contributed by atoms with van der Waals surface area (Å²) >= 11 is 19.1. The lowest BCUT2D eigenvalue weighted by Gasteiger charge is -2.14. The Morgan fingerprint density at radius 2 is 1.68 bits per heavy atom. The number of methoxy groups -OCH3 is 1. The number of rotatable bonds is 4. The molecule has 4 rings (SSSR count). The number of halogens is 2. The van der Waals surface area contributed by atoms with E-state index in [2.05, 4.69) is 4.57 Å². The first-order chi connectivity index (χ1) is 14.8. The van der Waals surface area contributed by atoms with Gasteiger partial charge in [0.15, 0.2) is 4.32 Å². The van der Waals surface area contributed by atoms with Crippen LogP contribution in [-0.4, -0.2) is 21.9 Å². The molecule has 31 heavy (non-hydrogen) atoms. The van der Waals surface area contributed by atoms with Crippen molar-refractivity contribution in [3.63, 3.8) is 0 Å². The van der Waals surface area contributed by atoms with E-state index in [-0.39, 0.29) is 5.91 Å². The lowest BCUT2D eigenvalue weighted by atomic mass is 10.2. The number of amides is 1. The lowest BCUT2D eigenvalue weighted by molar-refractivity contribution is -0.113. The molecule has 0 atom stereocenters. The molecule has 0 spiro atoms. The number of aryl methyl sites for hydroxylation is 1. The molecule has 8 heteroatoms. The summed E-state index contributed by atoms with van der Waals surface area (Å²) in [6.07, 6.45) is 1.89. The first kappa shape index (κ1) is 22.0. The average Bonchev–Trinajstić information content (AvgIpc) is 3.18. The van der Waals surface area contributed by atoms with Crippen molar-refractivity contribution in [3.05, 3.63) is 80.4 Å². The number of carbonyl (C=O) groups excluding carboxylic acids is 1. The summed E-state index contributed by atoms with van der Waals surface area (Å²) in [7, 11) is 1.60. The number of ether oxygens (including phenoxy) is 1.